The molecule has 0 aliphatic rings. The zero-order valence-electron chi connectivity index (χ0n) is 8.78. The Morgan fingerprint density at radius 1 is 1.25 bits per heavy atom. The summed E-state index contributed by atoms with van der Waals surface area (Å²) in [5, 5.41) is 3.69. The van der Waals surface area contributed by atoms with Crippen molar-refractivity contribution in [2.45, 2.75) is 45.9 Å². The van der Waals surface area contributed by atoms with Crippen LogP contribution in [-0.4, -0.2) is 18.5 Å². The molecule has 0 aromatic carbocycles. The van der Waals surface area contributed by atoms with E-state index in [9.17, 15) is 0 Å². The van der Waals surface area contributed by atoms with Crippen molar-refractivity contribution in [1.82, 2.24) is 5.32 Å². The van der Waals surface area contributed by atoms with Gasteiger partial charge in [0, 0.05) is 5.38 Å². The normalized spacial score (nSPS) is 14.8. The van der Waals surface area contributed by atoms with Crippen molar-refractivity contribution in [3.05, 3.63) is 0 Å². The summed E-state index contributed by atoms with van der Waals surface area (Å²) < 4.78 is 0. The first kappa shape index (κ1) is 12.2. The lowest BCUT2D eigenvalue weighted by Gasteiger charge is -2.18. The lowest BCUT2D eigenvalue weighted by atomic mass is 9.92. The van der Waals surface area contributed by atoms with Crippen molar-refractivity contribution in [3.8, 4) is 0 Å². The topological polar surface area (TPSA) is 12.0 Å². The molecule has 0 amide bonds. The van der Waals surface area contributed by atoms with Gasteiger partial charge >= 0.3 is 0 Å². The molecule has 0 fully saturated rings. The van der Waals surface area contributed by atoms with Crippen molar-refractivity contribution >= 4 is 11.6 Å². The average molecular weight is 192 g/mol. The maximum Gasteiger partial charge on any atom is 0.0319 e. The third kappa shape index (κ3) is 10.2. The van der Waals surface area contributed by atoms with Gasteiger partial charge in [-0.2, -0.15) is 0 Å². The summed E-state index contributed by atoms with van der Waals surface area (Å²) in [5.74, 6) is 0. The summed E-state index contributed by atoms with van der Waals surface area (Å²) in [7, 11) is 0. The van der Waals surface area contributed by atoms with E-state index >= 15 is 0 Å². The molecule has 0 bridgehead atoms. The highest BCUT2D eigenvalue weighted by atomic mass is 35.5. The fourth-order valence-electron chi connectivity index (χ4n) is 0.889. The first-order valence-electron chi connectivity index (χ1n) is 4.76. The largest absolute Gasteiger partial charge is 0.317 e. The van der Waals surface area contributed by atoms with E-state index in [0.29, 0.717) is 10.8 Å². The van der Waals surface area contributed by atoms with Gasteiger partial charge < -0.3 is 5.32 Å². The smallest absolute Gasteiger partial charge is 0.0319 e. The molecule has 0 saturated carbocycles. The summed E-state index contributed by atoms with van der Waals surface area (Å²) in [6, 6.07) is 0. The summed E-state index contributed by atoms with van der Waals surface area (Å²) in [6.07, 6.45) is 2.29. The SMILES string of the molecule is CC(Cl)CCNCCC(C)(C)C. The van der Waals surface area contributed by atoms with Crippen LogP contribution in [0.2, 0.25) is 0 Å². The minimum absolute atomic E-state index is 0.298. The fourth-order valence-corrected chi connectivity index (χ4v) is 0.998. The van der Waals surface area contributed by atoms with Gasteiger partial charge in [-0.1, -0.05) is 20.8 Å². The minimum atomic E-state index is 0.298. The van der Waals surface area contributed by atoms with Crippen molar-refractivity contribution < 1.29 is 0 Å². The molecule has 1 atom stereocenters. The van der Waals surface area contributed by atoms with Gasteiger partial charge in [0.25, 0.3) is 0 Å². The number of nitrogens with one attached hydrogen (secondary N) is 1. The van der Waals surface area contributed by atoms with E-state index in [1.54, 1.807) is 0 Å². The van der Waals surface area contributed by atoms with E-state index in [0.717, 1.165) is 19.5 Å². The molecule has 1 nitrogen and oxygen atoms in total. The summed E-state index contributed by atoms with van der Waals surface area (Å²) in [5.41, 5.74) is 0.444. The van der Waals surface area contributed by atoms with Crippen LogP contribution in [0.15, 0.2) is 0 Å². The van der Waals surface area contributed by atoms with Crippen LogP contribution in [0, 0.1) is 5.41 Å². The standard InChI is InChI=1S/C10H22ClN/c1-9(11)5-7-12-8-6-10(2,3)4/h9,12H,5-8H2,1-4H3. The number of hydrogen-bond donors (Lipinski definition) is 1. The third-order valence-corrected chi connectivity index (χ3v) is 1.99. The van der Waals surface area contributed by atoms with Gasteiger partial charge in [0.15, 0.2) is 0 Å². The molecule has 0 aliphatic carbocycles. The molecule has 0 heterocycles. The highest BCUT2D eigenvalue weighted by molar-refractivity contribution is 6.20. The predicted molar refractivity (Wildman–Crippen MR) is 56.9 cm³/mol. The second-order valence-electron chi connectivity index (χ2n) is 4.63. The van der Waals surface area contributed by atoms with Crippen LogP contribution in [-0.2, 0) is 0 Å². The predicted octanol–water partition coefficient (Wildman–Crippen LogP) is 3.03. The number of rotatable bonds is 5. The van der Waals surface area contributed by atoms with Crippen molar-refractivity contribution in [2.24, 2.45) is 5.41 Å². The molecular formula is C10H22ClN. The van der Waals surface area contributed by atoms with Gasteiger partial charge in [-0.05, 0) is 38.3 Å². The molecule has 1 N–H and O–H groups in total. The molecule has 0 aromatic rings. The Morgan fingerprint density at radius 3 is 2.25 bits per heavy atom. The van der Waals surface area contributed by atoms with Crippen LogP contribution in [0.25, 0.3) is 0 Å². The van der Waals surface area contributed by atoms with Gasteiger partial charge in [-0.3, -0.25) is 0 Å². The maximum absolute atomic E-state index is 5.81. The first-order valence-corrected chi connectivity index (χ1v) is 5.20. The maximum atomic E-state index is 5.81. The Kier molecular flexibility index (Phi) is 5.94. The van der Waals surface area contributed by atoms with E-state index in [2.05, 4.69) is 26.1 Å². The molecule has 12 heavy (non-hydrogen) atoms. The van der Waals surface area contributed by atoms with Gasteiger partial charge in [-0.15, -0.1) is 11.6 Å². The molecule has 0 rings (SSSR count). The van der Waals surface area contributed by atoms with E-state index in [1.165, 1.54) is 6.42 Å². The van der Waals surface area contributed by atoms with Crippen LogP contribution in [0.4, 0.5) is 0 Å². The van der Waals surface area contributed by atoms with E-state index in [4.69, 9.17) is 11.6 Å². The van der Waals surface area contributed by atoms with E-state index in [-0.39, 0.29) is 0 Å². The zero-order chi connectivity index (χ0) is 9.61. The van der Waals surface area contributed by atoms with Crippen LogP contribution in [0.1, 0.15) is 40.5 Å². The molecule has 74 valence electrons. The Labute approximate surface area is 81.9 Å². The highest BCUT2D eigenvalue weighted by Gasteiger charge is 2.08. The highest BCUT2D eigenvalue weighted by Crippen LogP contribution is 2.16. The quantitative estimate of drug-likeness (QED) is 0.521. The Balaban J connectivity index is 3.12. The summed E-state index contributed by atoms with van der Waals surface area (Å²) in [4.78, 5) is 0. The lowest BCUT2D eigenvalue weighted by Crippen LogP contribution is -2.22. The van der Waals surface area contributed by atoms with Crippen molar-refractivity contribution in [3.63, 3.8) is 0 Å². The second kappa shape index (κ2) is 5.82. The molecule has 0 radical (unpaired) electrons. The zero-order valence-corrected chi connectivity index (χ0v) is 9.54. The van der Waals surface area contributed by atoms with Gasteiger partial charge in [-0.25, -0.2) is 0 Å². The molecule has 2 heteroatoms. The molecule has 1 unspecified atom stereocenters. The number of hydrogen-bond acceptors (Lipinski definition) is 1. The Bertz CT molecular complexity index is 105. The van der Waals surface area contributed by atoms with Crippen LogP contribution in [0.5, 0.6) is 0 Å². The molecule has 0 aliphatic heterocycles. The van der Waals surface area contributed by atoms with Crippen LogP contribution >= 0.6 is 11.6 Å². The van der Waals surface area contributed by atoms with Crippen molar-refractivity contribution in [2.75, 3.05) is 13.1 Å². The van der Waals surface area contributed by atoms with Crippen molar-refractivity contribution in [1.29, 1.82) is 0 Å². The lowest BCUT2D eigenvalue weighted by molar-refractivity contribution is 0.366. The van der Waals surface area contributed by atoms with E-state index < -0.39 is 0 Å². The van der Waals surface area contributed by atoms with Crippen LogP contribution in [0.3, 0.4) is 0 Å². The fraction of sp³-hybridized carbons (Fsp3) is 1.00. The summed E-state index contributed by atoms with van der Waals surface area (Å²) >= 11 is 5.81. The number of alkyl halides is 1. The third-order valence-electron chi connectivity index (χ3n) is 1.77. The second-order valence-corrected chi connectivity index (χ2v) is 5.38. The monoisotopic (exact) mass is 191 g/mol. The minimum Gasteiger partial charge on any atom is -0.317 e. The molecule has 0 aromatic heterocycles. The van der Waals surface area contributed by atoms with Gasteiger partial charge in [0.2, 0.25) is 0 Å². The first-order chi connectivity index (χ1) is 5.42. The molecular weight excluding hydrogens is 170 g/mol. The average Bonchev–Trinajstić information content (AvgIpc) is 1.83. The van der Waals surface area contributed by atoms with Gasteiger partial charge in [0.05, 0.1) is 0 Å². The number of halogens is 1. The summed E-state index contributed by atoms with van der Waals surface area (Å²) in [6.45, 7) is 11.0. The van der Waals surface area contributed by atoms with Gasteiger partial charge in [0.1, 0.15) is 0 Å². The van der Waals surface area contributed by atoms with E-state index in [1.807, 2.05) is 6.92 Å². The Morgan fingerprint density at radius 2 is 1.83 bits per heavy atom. The Hall–Kier alpha value is 0.250. The molecule has 0 saturated heterocycles. The van der Waals surface area contributed by atoms with Crippen LogP contribution < -0.4 is 5.32 Å². The molecule has 0 spiro atoms.